The first kappa shape index (κ1) is 13.3. The monoisotopic (exact) mass is 282 g/mol. The molecule has 1 heterocycles. The number of rotatable bonds is 0. The molecule has 0 spiro atoms. The van der Waals surface area contributed by atoms with Crippen LogP contribution >= 0.6 is 11.3 Å². The molecule has 0 atom stereocenters. The van der Waals surface area contributed by atoms with Crippen molar-refractivity contribution in [2.45, 2.75) is 33.1 Å². The number of fused-ring (bicyclic) bond motifs is 2. The number of aromatic nitrogens is 1. The molecule has 1 aliphatic carbocycles. The van der Waals surface area contributed by atoms with Gasteiger partial charge in [-0.05, 0) is 47.7 Å². The number of aryl methyl sites for hydroxylation is 1. The molecule has 102 valence electrons. The third kappa shape index (κ3) is 2.22. The fourth-order valence-corrected chi connectivity index (χ4v) is 3.49. The molecular weight excluding hydrogens is 264 g/mol. The zero-order valence-electron chi connectivity index (χ0n) is 12.2. The van der Waals surface area contributed by atoms with Crippen LogP contribution in [-0.2, 0) is 5.41 Å². The van der Waals surface area contributed by atoms with Crippen LogP contribution < -0.4 is 5.36 Å². The van der Waals surface area contributed by atoms with Gasteiger partial charge in [-0.2, -0.15) is 0 Å². The third-order valence-corrected chi connectivity index (χ3v) is 4.58. The molecule has 0 saturated heterocycles. The summed E-state index contributed by atoms with van der Waals surface area (Å²) in [5.74, 6) is 0. The Bertz CT molecular complexity index is 825. The molecule has 20 heavy (non-hydrogen) atoms. The van der Waals surface area contributed by atoms with Gasteiger partial charge in [0.2, 0.25) is 0 Å². The van der Waals surface area contributed by atoms with Gasteiger partial charge in [0.05, 0.1) is 26.1 Å². The molecule has 0 radical (unpaired) electrons. The Morgan fingerprint density at radius 2 is 1.85 bits per heavy atom. The SMILES string of the molecule is Cc1ccc2nc3cc(C(C)(C)C)c(=N)cc-3sc2c1. The molecule has 0 amide bonds. The molecule has 3 rings (SSSR count). The Balaban J connectivity index is 2.36. The summed E-state index contributed by atoms with van der Waals surface area (Å²) in [6.07, 6.45) is 0. The van der Waals surface area contributed by atoms with E-state index in [4.69, 9.17) is 10.4 Å². The summed E-state index contributed by atoms with van der Waals surface area (Å²) in [6.45, 7) is 8.51. The lowest BCUT2D eigenvalue weighted by Gasteiger charge is -2.20. The minimum Gasteiger partial charge on any atom is -0.301 e. The topological polar surface area (TPSA) is 36.7 Å². The summed E-state index contributed by atoms with van der Waals surface area (Å²) in [7, 11) is 0. The number of hydrogen-bond donors (Lipinski definition) is 1. The standard InChI is InChI=1S/C17H18N2S/c1-10-5-6-13-15(7-10)20-16-9-12(18)11(17(2,3)4)8-14(16)19-13/h5-9,18H,1-4H3. The van der Waals surface area contributed by atoms with Crippen molar-refractivity contribution in [3.05, 3.63) is 46.8 Å². The van der Waals surface area contributed by atoms with E-state index in [0.29, 0.717) is 5.36 Å². The van der Waals surface area contributed by atoms with Gasteiger partial charge < -0.3 is 5.41 Å². The summed E-state index contributed by atoms with van der Waals surface area (Å²) in [4.78, 5) is 5.85. The van der Waals surface area contributed by atoms with Gasteiger partial charge in [-0.1, -0.05) is 26.8 Å². The van der Waals surface area contributed by atoms with Crippen LogP contribution in [-0.4, -0.2) is 4.98 Å². The first-order valence-corrected chi connectivity index (χ1v) is 7.56. The van der Waals surface area contributed by atoms with E-state index >= 15 is 0 Å². The van der Waals surface area contributed by atoms with E-state index in [9.17, 15) is 0 Å². The smallest absolute Gasteiger partial charge is 0.0814 e. The van der Waals surface area contributed by atoms with Gasteiger partial charge in [-0.15, -0.1) is 11.3 Å². The van der Waals surface area contributed by atoms with Crippen LogP contribution in [0, 0.1) is 12.3 Å². The second kappa shape index (κ2) is 4.38. The highest BCUT2D eigenvalue weighted by molar-refractivity contribution is 7.21. The van der Waals surface area contributed by atoms with Crippen LogP contribution in [0.3, 0.4) is 0 Å². The van der Waals surface area contributed by atoms with Gasteiger partial charge in [0.15, 0.2) is 0 Å². The van der Waals surface area contributed by atoms with Gasteiger partial charge in [0.25, 0.3) is 0 Å². The Morgan fingerprint density at radius 1 is 1.10 bits per heavy atom. The zero-order chi connectivity index (χ0) is 14.5. The molecule has 1 aromatic carbocycles. The Hall–Kier alpha value is -1.74. The van der Waals surface area contributed by atoms with E-state index in [-0.39, 0.29) is 5.41 Å². The number of hydrogen-bond acceptors (Lipinski definition) is 3. The van der Waals surface area contributed by atoms with Gasteiger partial charge in [0, 0.05) is 0 Å². The van der Waals surface area contributed by atoms with Crippen molar-refractivity contribution in [1.29, 1.82) is 5.41 Å². The molecule has 1 aliphatic heterocycles. The summed E-state index contributed by atoms with van der Waals surface area (Å²) in [5.41, 5.74) is 4.29. The fourth-order valence-electron chi connectivity index (χ4n) is 2.40. The lowest BCUT2D eigenvalue weighted by molar-refractivity contribution is 0.582. The van der Waals surface area contributed by atoms with Gasteiger partial charge in [-0.25, -0.2) is 4.98 Å². The van der Waals surface area contributed by atoms with Crippen molar-refractivity contribution in [3.8, 4) is 10.6 Å². The highest BCUT2D eigenvalue weighted by Gasteiger charge is 2.19. The molecule has 1 N–H and O–H groups in total. The summed E-state index contributed by atoms with van der Waals surface area (Å²) >= 11 is 1.72. The maximum absolute atomic E-state index is 8.24. The number of benzene rings is 2. The van der Waals surface area contributed by atoms with E-state index in [2.05, 4.69) is 52.0 Å². The molecule has 2 aliphatic rings. The predicted molar refractivity (Wildman–Crippen MR) is 85.5 cm³/mol. The van der Waals surface area contributed by atoms with Crippen LogP contribution in [0.1, 0.15) is 31.9 Å². The highest BCUT2D eigenvalue weighted by atomic mass is 32.1. The van der Waals surface area contributed by atoms with E-state index < -0.39 is 0 Å². The second-order valence-electron chi connectivity index (χ2n) is 6.30. The second-order valence-corrected chi connectivity index (χ2v) is 7.38. The maximum Gasteiger partial charge on any atom is 0.0814 e. The minimum atomic E-state index is -0.0279. The highest BCUT2D eigenvalue weighted by Crippen LogP contribution is 2.32. The summed E-state index contributed by atoms with van der Waals surface area (Å²) < 4.78 is 1.18. The lowest BCUT2D eigenvalue weighted by atomic mass is 9.86. The molecule has 0 aromatic heterocycles. The van der Waals surface area contributed by atoms with E-state index in [0.717, 1.165) is 21.7 Å². The van der Waals surface area contributed by atoms with Crippen LogP contribution in [0.5, 0.6) is 0 Å². The normalized spacial score (nSPS) is 12.2. The third-order valence-electron chi connectivity index (χ3n) is 3.48. The Labute approximate surface area is 123 Å². The van der Waals surface area contributed by atoms with Crippen LogP contribution in [0.4, 0.5) is 0 Å². The quantitative estimate of drug-likeness (QED) is 0.606. The van der Waals surface area contributed by atoms with Crippen molar-refractivity contribution >= 4 is 21.6 Å². The molecule has 0 bridgehead atoms. The van der Waals surface area contributed by atoms with Crippen molar-refractivity contribution in [1.82, 2.24) is 4.98 Å². The van der Waals surface area contributed by atoms with Crippen LogP contribution in [0.25, 0.3) is 20.8 Å². The van der Waals surface area contributed by atoms with Crippen molar-refractivity contribution in [3.63, 3.8) is 0 Å². The summed E-state index contributed by atoms with van der Waals surface area (Å²) in [6, 6.07) is 10.4. The van der Waals surface area contributed by atoms with Crippen LogP contribution in [0.2, 0.25) is 0 Å². The molecular formula is C17H18N2S. The number of nitrogens with zero attached hydrogens (tertiary/aromatic N) is 1. The Morgan fingerprint density at radius 3 is 2.55 bits per heavy atom. The van der Waals surface area contributed by atoms with Crippen LogP contribution in [0.15, 0.2) is 30.3 Å². The maximum atomic E-state index is 8.24. The fraction of sp³-hybridized carbons (Fsp3) is 0.294. The Kier molecular flexibility index (Phi) is 2.91. The first-order valence-electron chi connectivity index (χ1n) is 6.75. The van der Waals surface area contributed by atoms with E-state index in [1.165, 1.54) is 10.3 Å². The van der Waals surface area contributed by atoms with E-state index in [1.807, 2.05) is 6.07 Å². The predicted octanol–water partition coefficient (Wildman–Crippen LogP) is 4.49. The largest absolute Gasteiger partial charge is 0.301 e. The first-order chi connectivity index (χ1) is 9.34. The zero-order valence-corrected chi connectivity index (χ0v) is 13.1. The average molecular weight is 282 g/mol. The van der Waals surface area contributed by atoms with E-state index in [1.54, 1.807) is 11.3 Å². The molecule has 1 aromatic rings. The minimum absolute atomic E-state index is 0.0279. The average Bonchev–Trinajstić information content (AvgIpc) is 2.34. The van der Waals surface area contributed by atoms with Crippen molar-refractivity contribution in [2.24, 2.45) is 0 Å². The number of nitrogens with one attached hydrogen (secondary N) is 1. The molecule has 0 unspecified atom stereocenters. The molecule has 0 fully saturated rings. The molecule has 3 heteroatoms. The van der Waals surface area contributed by atoms with Crippen molar-refractivity contribution < 1.29 is 0 Å². The van der Waals surface area contributed by atoms with Gasteiger partial charge in [0.1, 0.15) is 0 Å². The van der Waals surface area contributed by atoms with Gasteiger partial charge >= 0.3 is 0 Å². The summed E-state index contributed by atoms with van der Waals surface area (Å²) in [5, 5.41) is 8.84. The van der Waals surface area contributed by atoms with Gasteiger partial charge in [-0.3, -0.25) is 0 Å². The lowest BCUT2D eigenvalue weighted by Crippen LogP contribution is -2.22. The van der Waals surface area contributed by atoms with Crippen molar-refractivity contribution in [2.75, 3.05) is 0 Å². The molecule has 0 saturated carbocycles. The molecule has 2 nitrogen and oxygen atoms in total.